The Bertz CT molecular complexity index is 880. The second-order valence-electron chi connectivity index (χ2n) is 8.67. The summed E-state index contributed by atoms with van der Waals surface area (Å²) in [5.74, 6) is 1.92. The Kier molecular flexibility index (Phi) is 4.04. The first-order chi connectivity index (χ1) is 13.1. The molecule has 4 aliphatic rings. The summed E-state index contributed by atoms with van der Waals surface area (Å²) in [4.78, 5) is 26.0. The monoisotopic (exact) mass is 383 g/mol. The smallest absolute Gasteiger partial charge is 0.341 e. The summed E-state index contributed by atoms with van der Waals surface area (Å²) in [5, 5.41) is 4.69. The molecule has 0 atom stereocenters. The van der Waals surface area contributed by atoms with E-state index >= 15 is 0 Å². The molecule has 4 nitrogen and oxygen atoms in total. The van der Waals surface area contributed by atoms with Crippen LogP contribution in [-0.2, 0) is 9.53 Å². The van der Waals surface area contributed by atoms with Gasteiger partial charge in [-0.2, -0.15) is 0 Å². The lowest BCUT2D eigenvalue weighted by Crippen LogP contribution is -2.51. The molecule has 0 radical (unpaired) electrons. The van der Waals surface area contributed by atoms with Crippen LogP contribution in [0.3, 0.4) is 0 Å². The van der Waals surface area contributed by atoms with Crippen molar-refractivity contribution in [2.45, 2.75) is 45.4 Å². The Morgan fingerprint density at radius 1 is 1.11 bits per heavy atom. The molecule has 1 N–H and O–H groups in total. The number of nitrogens with one attached hydrogen (secondary N) is 1. The Hall–Kier alpha value is -1.88. The summed E-state index contributed by atoms with van der Waals surface area (Å²) >= 11 is 1.48. The lowest BCUT2D eigenvalue weighted by atomic mass is 9.49. The molecule has 4 fully saturated rings. The summed E-state index contributed by atoms with van der Waals surface area (Å²) in [6.45, 7) is 2.13. The molecule has 27 heavy (non-hydrogen) atoms. The molecule has 1 aromatic heterocycles. The Morgan fingerprint density at radius 2 is 1.74 bits per heavy atom. The second-order valence-corrected chi connectivity index (χ2v) is 9.73. The normalized spacial score (nSPS) is 31.2. The van der Waals surface area contributed by atoms with Gasteiger partial charge >= 0.3 is 5.97 Å². The summed E-state index contributed by atoms with van der Waals surface area (Å²) in [6.07, 6.45) is 6.98. The number of hydrogen-bond donors (Lipinski definition) is 1. The maximum Gasteiger partial charge on any atom is 0.341 e. The molecule has 4 bridgehead atoms. The molecule has 4 saturated carbocycles. The van der Waals surface area contributed by atoms with E-state index < -0.39 is 0 Å². The van der Waals surface area contributed by atoms with E-state index in [9.17, 15) is 9.59 Å². The van der Waals surface area contributed by atoms with Crippen molar-refractivity contribution in [2.75, 3.05) is 11.9 Å². The van der Waals surface area contributed by atoms with Gasteiger partial charge in [-0.25, -0.2) is 4.79 Å². The highest BCUT2D eigenvalue weighted by Gasteiger charge is 2.54. The lowest BCUT2D eigenvalue weighted by molar-refractivity contribution is -0.140. The third kappa shape index (κ3) is 2.78. The van der Waals surface area contributed by atoms with Gasteiger partial charge in [-0.05, 0) is 69.3 Å². The first-order valence-corrected chi connectivity index (χ1v) is 10.9. The number of rotatable bonds is 4. The van der Waals surface area contributed by atoms with Crippen molar-refractivity contribution in [1.82, 2.24) is 0 Å². The van der Waals surface area contributed by atoms with Crippen molar-refractivity contribution >= 4 is 38.3 Å². The summed E-state index contributed by atoms with van der Waals surface area (Å²) in [7, 11) is 0. The van der Waals surface area contributed by atoms with Gasteiger partial charge in [-0.15, -0.1) is 11.3 Å². The topological polar surface area (TPSA) is 55.4 Å². The zero-order chi connectivity index (χ0) is 18.6. The van der Waals surface area contributed by atoms with Crippen molar-refractivity contribution in [3.63, 3.8) is 0 Å². The Labute approximate surface area is 163 Å². The average molecular weight is 384 g/mol. The van der Waals surface area contributed by atoms with E-state index in [1.54, 1.807) is 6.92 Å². The summed E-state index contributed by atoms with van der Waals surface area (Å²) in [5.41, 5.74) is 0.284. The molecule has 0 saturated heterocycles. The molecule has 0 unspecified atom stereocenters. The molecular weight excluding hydrogens is 358 g/mol. The van der Waals surface area contributed by atoms with E-state index in [-0.39, 0.29) is 17.3 Å². The SMILES string of the molecule is CCOC(=O)c1c(NC(=O)C23CC4CC(CC(C4)C2)C3)sc2ccccc12. The number of anilines is 1. The maximum atomic E-state index is 13.4. The van der Waals surface area contributed by atoms with Gasteiger partial charge in [0.05, 0.1) is 12.0 Å². The van der Waals surface area contributed by atoms with Crippen LogP contribution in [0.5, 0.6) is 0 Å². The number of thiophene rings is 1. The highest BCUT2D eigenvalue weighted by Crippen LogP contribution is 2.60. The number of hydrogen-bond acceptors (Lipinski definition) is 4. The van der Waals surface area contributed by atoms with Crippen LogP contribution in [-0.4, -0.2) is 18.5 Å². The second kappa shape index (κ2) is 6.33. The van der Waals surface area contributed by atoms with E-state index in [1.807, 2.05) is 24.3 Å². The van der Waals surface area contributed by atoms with Crippen LogP contribution in [0, 0.1) is 23.2 Å². The number of benzene rings is 1. The first-order valence-electron chi connectivity index (χ1n) is 10.1. The van der Waals surface area contributed by atoms with Crippen LogP contribution in [0.4, 0.5) is 5.00 Å². The Morgan fingerprint density at radius 3 is 2.37 bits per heavy atom. The minimum absolute atomic E-state index is 0.124. The van der Waals surface area contributed by atoms with Gasteiger partial charge in [0.25, 0.3) is 0 Å². The van der Waals surface area contributed by atoms with Gasteiger partial charge in [0.1, 0.15) is 10.6 Å². The van der Waals surface area contributed by atoms with Crippen molar-refractivity contribution < 1.29 is 14.3 Å². The Balaban J connectivity index is 1.48. The minimum Gasteiger partial charge on any atom is -0.462 e. The molecule has 2 aromatic rings. The van der Waals surface area contributed by atoms with Crippen molar-refractivity contribution in [2.24, 2.45) is 23.2 Å². The standard InChI is InChI=1S/C22H25NO3S/c1-2-26-20(24)18-16-5-3-4-6-17(16)27-19(18)23-21(25)22-10-13-7-14(11-22)9-15(8-13)12-22/h3-6,13-15H,2,7-12H2,1H3,(H,23,25). The third-order valence-electron chi connectivity index (χ3n) is 6.82. The van der Waals surface area contributed by atoms with Gasteiger partial charge in [-0.1, -0.05) is 18.2 Å². The number of carbonyl (C=O) groups excluding carboxylic acids is 2. The predicted octanol–water partition coefficient (Wildman–Crippen LogP) is 5.23. The van der Waals surface area contributed by atoms with E-state index in [4.69, 9.17) is 4.74 Å². The van der Waals surface area contributed by atoms with Crippen LogP contribution in [0.25, 0.3) is 10.1 Å². The highest BCUT2D eigenvalue weighted by molar-refractivity contribution is 7.23. The van der Waals surface area contributed by atoms with Crippen LogP contribution < -0.4 is 5.32 Å². The maximum absolute atomic E-state index is 13.4. The minimum atomic E-state index is -0.351. The molecule has 142 valence electrons. The summed E-state index contributed by atoms with van der Waals surface area (Å²) < 4.78 is 6.28. The predicted molar refractivity (Wildman–Crippen MR) is 107 cm³/mol. The number of carbonyl (C=O) groups is 2. The van der Waals surface area contributed by atoms with E-state index in [0.29, 0.717) is 34.9 Å². The molecule has 0 aliphatic heterocycles. The lowest BCUT2D eigenvalue weighted by Gasteiger charge is -2.55. The molecule has 1 amide bonds. The van der Waals surface area contributed by atoms with Gasteiger partial charge in [0.2, 0.25) is 5.91 Å². The number of ether oxygens (including phenoxy) is 1. The van der Waals surface area contributed by atoms with Gasteiger partial charge < -0.3 is 10.1 Å². The largest absolute Gasteiger partial charge is 0.462 e. The van der Waals surface area contributed by atoms with Crippen molar-refractivity contribution in [3.8, 4) is 0 Å². The molecule has 6 rings (SSSR count). The van der Waals surface area contributed by atoms with E-state index in [1.165, 1.54) is 30.6 Å². The van der Waals surface area contributed by atoms with Gasteiger partial charge in [0.15, 0.2) is 0 Å². The van der Waals surface area contributed by atoms with Gasteiger partial charge in [-0.3, -0.25) is 4.79 Å². The van der Waals surface area contributed by atoms with Gasteiger partial charge in [0, 0.05) is 10.1 Å². The fraction of sp³-hybridized carbons (Fsp3) is 0.545. The number of esters is 1. The first kappa shape index (κ1) is 17.2. The quantitative estimate of drug-likeness (QED) is 0.735. The average Bonchev–Trinajstić information content (AvgIpc) is 2.98. The molecule has 1 aromatic carbocycles. The molecular formula is C22H25NO3S. The van der Waals surface area contributed by atoms with Crippen molar-refractivity contribution in [3.05, 3.63) is 29.8 Å². The zero-order valence-electron chi connectivity index (χ0n) is 15.6. The van der Waals surface area contributed by atoms with E-state index in [0.717, 1.165) is 29.3 Å². The third-order valence-corrected chi connectivity index (χ3v) is 7.91. The van der Waals surface area contributed by atoms with Crippen LogP contribution in [0.1, 0.15) is 55.8 Å². The summed E-state index contributed by atoms with van der Waals surface area (Å²) in [6, 6.07) is 7.79. The van der Waals surface area contributed by atoms with Crippen LogP contribution in [0.15, 0.2) is 24.3 Å². The van der Waals surface area contributed by atoms with Crippen LogP contribution in [0.2, 0.25) is 0 Å². The number of fused-ring (bicyclic) bond motifs is 1. The fourth-order valence-corrected chi connectivity index (χ4v) is 7.25. The molecule has 0 spiro atoms. The zero-order valence-corrected chi connectivity index (χ0v) is 16.4. The molecule has 5 heteroatoms. The number of amides is 1. The van der Waals surface area contributed by atoms with E-state index in [2.05, 4.69) is 5.32 Å². The highest BCUT2D eigenvalue weighted by atomic mass is 32.1. The van der Waals surface area contributed by atoms with Crippen molar-refractivity contribution in [1.29, 1.82) is 0 Å². The van der Waals surface area contributed by atoms with Crippen LogP contribution >= 0.6 is 11.3 Å². The fourth-order valence-electron chi connectivity index (χ4n) is 6.16. The molecule has 1 heterocycles. The molecule has 4 aliphatic carbocycles.